The van der Waals surface area contributed by atoms with Gasteiger partial charge in [0.2, 0.25) is 5.91 Å². The van der Waals surface area contributed by atoms with E-state index in [1.54, 1.807) is 0 Å². The molecule has 0 fully saturated rings. The van der Waals surface area contributed by atoms with E-state index in [0.717, 1.165) is 5.56 Å². The third-order valence-electron chi connectivity index (χ3n) is 3.98. The van der Waals surface area contributed by atoms with E-state index in [2.05, 4.69) is 25.6 Å². The summed E-state index contributed by atoms with van der Waals surface area (Å²) in [6.07, 6.45) is 0. The number of ether oxygens (including phenoxy) is 2. The maximum absolute atomic E-state index is 12.6. The Bertz CT molecular complexity index is 1050. The number of carbonyl (C=O) groups is 3. The Kier molecular flexibility index (Phi) is 5.93. The number of tetrazole rings is 1. The average Bonchev–Trinajstić information content (AvgIpc) is 3.21. The zero-order chi connectivity index (χ0) is 20.8. The molecule has 1 amide bonds. The van der Waals surface area contributed by atoms with E-state index in [-0.39, 0.29) is 23.4 Å². The summed E-state index contributed by atoms with van der Waals surface area (Å²) in [5, 5.41) is 14.0. The third kappa shape index (κ3) is 4.43. The first kappa shape index (κ1) is 19.7. The summed E-state index contributed by atoms with van der Waals surface area (Å²) in [5.74, 6) is -1.35. The molecule has 1 aromatic heterocycles. The number of hydrogen-bond acceptors (Lipinski definition) is 8. The third-order valence-corrected chi connectivity index (χ3v) is 3.98. The number of amides is 1. The molecule has 0 spiro atoms. The second kappa shape index (κ2) is 8.74. The van der Waals surface area contributed by atoms with Crippen LogP contribution in [-0.4, -0.2) is 52.3 Å². The first-order valence-corrected chi connectivity index (χ1v) is 8.45. The van der Waals surface area contributed by atoms with E-state index < -0.39 is 17.8 Å². The molecule has 29 heavy (non-hydrogen) atoms. The molecule has 0 saturated carbocycles. The Labute approximate surface area is 165 Å². The van der Waals surface area contributed by atoms with Crippen molar-refractivity contribution in [3.63, 3.8) is 0 Å². The second-order valence-electron chi connectivity index (χ2n) is 5.82. The van der Waals surface area contributed by atoms with Gasteiger partial charge in [0.1, 0.15) is 6.54 Å². The fourth-order valence-electron chi connectivity index (χ4n) is 2.61. The molecule has 10 nitrogen and oxygen atoms in total. The lowest BCUT2D eigenvalue weighted by molar-refractivity contribution is -0.116. The number of benzene rings is 2. The molecule has 0 bridgehead atoms. The Morgan fingerprint density at radius 3 is 2.41 bits per heavy atom. The average molecular weight is 395 g/mol. The molecule has 3 aromatic rings. The van der Waals surface area contributed by atoms with Crippen molar-refractivity contribution >= 4 is 23.5 Å². The van der Waals surface area contributed by atoms with Crippen molar-refractivity contribution in [3.8, 4) is 11.4 Å². The zero-order valence-corrected chi connectivity index (χ0v) is 15.7. The van der Waals surface area contributed by atoms with Crippen LogP contribution in [0.25, 0.3) is 11.4 Å². The summed E-state index contributed by atoms with van der Waals surface area (Å²) in [6.45, 7) is -0.208. The molecule has 10 heteroatoms. The van der Waals surface area contributed by atoms with Gasteiger partial charge >= 0.3 is 11.9 Å². The Balaban J connectivity index is 1.85. The van der Waals surface area contributed by atoms with E-state index in [4.69, 9.17) is 4.74 Å². The van der Waals surface area contributed by atoms with Crippen LogP contribution in [0.2, 0.25) is 0 Å². The Morgan fingerprint density at radius 1 is 1.00 bits per heavy atom. The smallest absolute Gasteiger partial charge is 0.339 e. The normalized spacial score (nSPS) is 10.3. The minimum atomic E-state index is -0.663. The molecule has 1 N–H and O–H groups in total. The van der Waals surface area contributed by atoms with Crippen molar-refractivity contribution in [2.24, 2.45) is 0 Å². The largest absolute Gasteiger partial charge is 0.465 e. The molecular formula is C19H17N5O5. The molecule has 1 heterocycles. The molecule has 2 aromatic carbocycles. The lowest BCUT2D eigenvalue weighted by atomic mass is 10.1. The van der Waals surface area contributed by atoms with Crippen LogP contribution in [-0.2, 0) is 20.8 Å². The number of nitrogens with one attached hydrogen (secondary N) is 1. The lowest BCUT2D eigenvalue weighted by Gasteiger charge is -2.12. The molecular weight excluding hydrogens is 378 g/mol. The molecule has 0 aliphatic carbocycles. The van der Waals surface area contributed by atoms with E-state index in [0.29, 0.717) is 5.82 Å². The number of carbonyl (C=O) groups excluding carboxylic acids is 3. The highest BCUT2D eigenvalue weighted by Gasteiger charge is 2.19. The van der Waals surface area contributed by atoms with Gasteiger partial charge in [-0.15, -0.1) is 5.10 Å². The van der Waals surface area contributed by atoms with Gasteiger partial charge in [-0.3, -0.25) is 4.79 Å². The second-order valence-corrected chi connectivity index (χ2v) is 5.82. The lowest BCUT2D eigenvalue weighted by Crippen LogP contribution is -2.22. The van der Waals surface area contributed by atoms with Crippen molar-refractivity contribution in [1.82, 2.24) is 20.2 Å². The highest BCUT2D eigenvalue weighted by Crippen LogP contribution is 2.20. The summed E-state index contributed by atoms with van der Waals surface area (Å²) in [7, 11) is 2.45. The summed E-state index contributed by atoms with van der Waals surface area (Å²) in [5.41, 5.74) is 1.11. The van der Waals surface area contributed by atoms with Crippen LogP contribution in [0.15, 0.2) is 48.5 Å². The number of nitrogens with zero attached hydrogens (tertiary/aromatic N) is 4. The predicted molar refractivity (Wildman–Crippen MR) is 101 cm³/mol. The highest BCUT2D eigenvalue weighted by molar-refractivity contribution is 6.03. The van der Waals surface area contributed by atoms with E-state index in [1.165, 1.54) is 37.1 Å². The fraction of sp³-hybridized carbons (Fsp3) is 0.158. The predicted octanol–water partition coefficient (Wildman–Crippen LogP) is 1.55. The van der Waals surface area contributed by atoms with E-state index in [1.807, 2.05) is 30.3 Å². The molecule has 0 atom stereocenters. The summed E-state index contributed by atoms with van der Waals surface area (Å²) in [4.78, 5) is 36.4. The number of rotatable bonds is 6. The van der Waals surface area contributed by atoms with Gasteiger partial charge < -0.3 is 14.8 Å². The van der Waals surface area contributed by atoms with Gasteiger partial charge in [0.25, 0.3) is 0 Å². The van der Waals surface area contributed by atoms with Gasteiger partial charge in [0.05, 0.1) is 31.0 Å². The van der Waals surface area contributed by atoms with Gasteiger partial charge in [0.15, 0.2) is 5.82 Å². The highest BCUT2D eigenvalue weighted by atomic mass is 16.5. The molecule has 0 radical (unpaired) electrons. The number of esters is 2. The van der Waals surface area contributed by atoms with Crippen LogP contribution in [0, 0.1) is 0 Å². The van der Waals surface area contributed by atoms with Gasteiger partial charge in [0, 0.05) is 5.56 Å². The van der Waals surface area contributed by atoms with Crippen LogP contribution in [0.5, 0.6) is 0 Å². The SMILES string of the molecule is COC(=O)c1ccc(C(=O)OC)c(NC(=O)Cn2nnnc2-c2ccccc2)c1. The first-order valence-electron chi connectivity index (χ1n) is 8.45. The van der Waals surface area contributed by atoms with Crippen LogP contribution < -0.4 is 5.32 Å². The van der Waals surface area contributed by atoms with Crippen molar-refractivity contribution in [2.45, 2.75) is 6.54 Å². The molecule has 0 unspecified atom stereocenters. The van der Waals surface area contributed by atoms with E-state index >= 15 is 0 Å². The quantitative estimate of drug-likeness (QED) is 0.623. The van der Waals surface area contributed by atoms with Crippen molar-refractivity contribution in [3.05, 3.63) is 59.7 Å². The van der Waals surface area contributed by atoms with Gasteiger partial charge in [-0.1, -0.05) is 30.3 Å². The van der Waals surface area contributed by atoms with Crippen LogP contribution >= 0.6 is 0 Å². The van der Waals surface area contributed by atoms with Crippen molar-refractivity contribution in [1.29, 1.82) is 0 Å². The standard InChI is InChI=1S/C19H17N5O5/c1-28-18(26)13-8-9-14(19(27)29-2)15(10-13)20-16(25)11-24-17(21-22-23-24)12-6-4-3-5-7-12/h3-10H,11H2,1-2H3,(H,20,25). The van der Waals surface area contributed by atoms with E-state index in [9.17, 15) is 14.4 Å². The summed E-state index contributed by atoms with van der Waals surface area (Å²) in [6, 6.07) is 13.3. The minimum absolute atomic E-state index is 0.0912. The zero-order valence-electron chi connectivity index (χ0n) is 15.7. The number of anilines is 1. The molecule has 0 aliphatic rings. The molecule has 3 rings (SSSR count). The molecule has 148 valence electrons. The maximum atomic E-state index is 12.6. The fourth-order valence-corrected chi connectivity index (χ4v) is 2.61. The summed E-state index contributed by atoms with van der Waals surface area (Å²) < 4.78 is 10.7. The first-order chi connectivity index (χ1) is 14.0. The van der Waals surface area contributed by atoms with Crippen LogP contribution in [0.4, 0.5) is 5.69 Å². The number of hydrogen-bond donors (Lipinski definition) is 1. The van der Waals surface area contributed by atoms with Crippen molar-refractivity contribution < 1.29 is 23.9 Å². The number of methoxy groups -OCH3 is 2. The van der Waals surface area contributed by atoms with Crippen molar-refractivity contribution in [2.75, 3.05) is 19.5 Å². The monoisotopic (exact) mass is 395 g/mol. The Hall–Kier alpha value is -4.08. The van der Waals surface area contributed by atoms with Crippen LogP contribution in [0.1, 0.15) is 20.7 Å². The van der Waals surface area contributed by atoms with Gasteiger partial charge in [-0.25, -0.2) is 14.3 Å². The molecule has 0 aliphatic heterocycles. The molecule has 0 saturated heterocycles. The summed E-state index contributed by atoms with van der Waals surface area (Å²) >= 11 is 0. The van der Waals surface area contributed by atoms with Crippen LogP contribution in [0.3, 0.4) is 0 Å². The minimum Gasteiger partial charge on any atom is -0.465 e. The topological polar surface area (TPSA) is 125 Å². The van der Waals surface area contributed by atoms with Gasteiger partial charge in [-0.05, 0) is 28.6 Å². The van der Waals surface area contributed by atoms with Gasteiger partial charge in [-0.2, -0.15) is 0 Å². The maximum Gasteiger partial charge on any atom is 0.339 e. The Morgan fingerprint density at radius 2 is 1.72 bits per heavy atom. The number of aromatic nitrogens is 4.